The number of carbonyl (C=O) groups excluding carboxylic acids is 1. The van der Waals surface area contributed by atoms with Crippen molar-refractivity contribution in [2.75, 3.05) is 22.5 Å². The van der Waals surface area contributed by atoms with Crippen molar-refractivity contribution in [3.8, 4) is 5.75 Å². The third kappa shape index (κ3) is 5.71. The highest BCUT2D eigenvalue weighted by Crippen LogP contribution is 2.25. The molecule has 6 nitrogen and oxygen atoms in total. The van der Waals surface area contributed by atoms with Gasteiger partial charge in [0.15, 0.2) is 6.61 Å². The molecule has 0 atom stereocenters. The van der Waals surface area contributed by atoms with Gasteiger partial charge in [0.2, 0.25) is 10.0 Å². The third-order valence-corrected chi connectivity index (χ3v) is 6.34. The number of amides is 1. The largest absolute Gasteiger partial charge is 0.484 e. The SMILES string of the molecule is CS(=O)(=O)N(Cc1ccc(F)cc1)c1ccc(OCC(=O)Nc2cccc3ccccc23)cc1. The van der Waals surface area contributed by atoms with Crippen molar-refractivity contribution in [1.82, 2.24) is 0 Å². The summed E-state index contributed by atoms with van der Waals surface area (Å²) in [6.07, 6.45) is 1.11. The van der Waals surface area contributed by atoms with Gasteiger partial charge >= 0.3 is 0 Å². The molecule has 1 amide bonds. The van der Waals surface area contributed by atoms with Gasteiger partial charge in [-0.25, -0.2) is 12.8 Å². The van der Waals surface area contributed by atoms with E-state index in [0.29, 0.717) is 22.7 Å². The number of ether oxygens (including phenoxy) is 1. The Morgan fingerprint density at radius 2 is 1.59 bits per heavy atom. The summed E-state index contributed by atoms with van der Waals surface area (Å²) in [6.45, 7) is -0.138. The molecule has 0 heterocycles. The zero-order valence-corrected chi connectivity index (χ0v) is 19.3. The van der Waals surface area contributed by atoms with Gasteiger partial charge in [-0.3, -0.25) is 9.10 Å². The Kier molecular flexibility index (Phi) is 6.79. The molecule has 0 saturated carbocycles. The standard InChI is InChI=1S/C26H23FN2O4S/c1-34(31,32)29(17-19-9-11-21(27)12-10-19)22-13-15-23(16-14-22)33-18-26(30)28-25-8-4-6-20-5-2-3-7-24(20)25/h2-16H,17-18H2,1H3,(H,28,30). The van der Waals surface area contributed by atoms with E-state index >= 15 is 0 Å². The fraction of sp³-hybridized carbons (Fsp3) is 0.115. The van der Waals surface area contributed by atoms with Crippen molar-refractivity contribution in [3.63, 3.8) is 0 Å². The van der Waals surface area contributed by atoms with Crippen molar-refractivity contribution in [3.05, 3.63) is 102 Å². The first kappa shape index (κ1) is 23.3. The number of rotatable bonds is 8. The lowest BCUT2D eigenvalue weighted by Gasteiger charge is -2.22. The van der Waals surface area contributed by atoms with E-state index in [-0.39, 0.29) is 24.9 Å². The number of benzene rings is 4. The predicted octanol–water partition coefficient (Wildman–Crippen LogP) is 4.96. The number of nitrogens with one attached hydrogen (secondary N) is 1. The lowest BCUT2D eigenvalue weighted by Crippen LogP contribution is -2.29. The molecule has 0 bridgehead atoms. The predicted molar refractivity (Wildman–Crippen MR) is 132 cm³/mol. The number of hydrogen-bond acceptors (Lipinski definition) is 4. The Morgan fingerprint density at radius 1 is 0.912 bits per heavy atom. The van der Waals surface area contributed by atoms with Gasteiger partial charge in [-0.1, -0.05) is 48.5 Å². The topological polar surface area (TPSA) is 75.7 Å². The van der Waals surface area contributed by atoms with E-state index in [0.717, 1.165) is 17.0 Å². The molecule has 4 rings (SSSR count). The van der Waals surface area contributed by atoms with E-state index in [4.69, 9.17) is 4.74 Å². The van der Waals surface area contributed by atoms with Crippen molar-refractivity contribution >= 4 is 38.1 Å². The van der Waals surface area contributed by atoms with Crippen LogP contribution in [0.5, 0.6) is 5.75 Å². The van der Waals surface area contributed by atoms with Crippen molar-refractivity contribution in [1.29, 1.82) is 0 Å². The Bertz CT molecular complexity index is 1400. The van der Waals surface area contributed by atoms with E-state index in [9.17, 15) is 17.6 Å². The summed E-state index contributed by atoms with van der Waals surface area (Å²) in [5.41, 5.74) is 1.78. The van der Waals surface area contributed by atoms with E-state index in [1.807, 2.05) is 42.5 Å². The number of halogens is 1. The van der Waals surface area contributed by atoms with Gasteiger partial charge in [-0.2, -0.15) is 0 Å². The molecule has 0 saturated heterocycles. The maximum Gasteiger partial charge on any atom is 0.262 e. The monoisotopic (exact) mass is 478 g/mol. The molecule has 0 aliphatic heterocycles. The molecule has 174 valence electrons. The maximum atomic E-state index is 13.2. The van der Waals surface area contributed by atoms with Crippen LogP contribution in [-0.2, 0) is 21.4 Å². The molecular formula is C26H23FN2O4S. The van der Waals surface area contributed by atoms with Crippen LogP contribution in [0.4, 0.5) is 15.8 Å². The van der Waals surface area contributed by atoms with E-state index in [1.165, 1.54) is 16.4 Å². The van der Waals surface area contributed by atoms with Crippen LogP contribution in [0.2, 0.25) is 0 Å². The first-order valence-corrected chi connectivity index (χ1v) is 12.4. The minimum absolute atomic E-state index is 0.0623. The molecule has 0 radical (unpaired) electrons. The highest BCUT2D eigenvalue weighted by molar-refractivity contribution is 7.92. The number of carbonyl (C=O) groups is 1. The van der Waals surface area contributed by atoms with Crippen LogP contribution in [0.1, 0.15) is 5.56 Å². The molecular weight excluding hydrogens is 455 g/mol. The summed E-state index contributed by atoms with van der Waals surface area (Å²) in [5, 5.41) is 4.81. The van der Waals surface area contributed by atoms with Gasteiger partial charge in [0.1, 0.15) is 11.6 Å². The van der Waals surface area contributed by atoms with Crippen LogP contribution in [0.25, 0.3) is 10.8 Å². The van der Waals surface area contributed by atoms with Crippen LogP contribution in [0, 0.1) is 5.82 Å². The highest BCUT2D eigenvalue weighted by atomic mass is 32.2. The zero-order chi connectivity index (χ0) is 24.1. The fourth-order valence-corrected chi connectivity index (χ4v) is 4.42. The van der Waals surface area contributed by atoms with Crippen LogP contribution >= 0.6 is 0 Å². The van der Waals surface area contributed by atoms with Gasteiger partial charge < -0.3 is 10.1 Å². The molecule has 8 heteroatoms. The normalized spacial score (nSPS) is 11.2. The molecule has 0 unspecified atom stereocenters. The summed E-state index contributed by atoms with van der Waals surface area (Å²) < 4.78 is 44.6. The fourth-order valence-electron chi connectivity index (χ4n) is 3.53. The van der Waals surface area contributed by atoms with Crippen LogP contribution in [0.3, 0.4) is 0 Å². The summed E-state index contributed by atoms with van der Waals surface area (Å²) in [4.78, 5) is 12.4. The van der Waals surface area contributed by atoms with E-state index < -0.39 is 10.0 Å². The summed E-state index contributed by atoms with van der Waals surface area (Å²) in [7, 11) is -3.58. The molecule has 0 aliphatic rings. The Hall–Kier alpha value is -3.91. The Labute approximate surface area is 197 Å². The van der Waals surface area contributed by atoms with Crippen molar-refractivity contribution in [2.24, 2.45) is 0 Å². The molecule has 4 aromatic carbocycles. The van der Waals surface area contributed by atoms with Crippen LogP contribution in [0.15, 0.2) is 91.0 Å². The van der Waals surface area contributed by atoms with Gasteiger partial charge in [-0.15, -0.1) is 0 Å². The average Bonchev–Trinajstić information content (AvgIpc) is 2.82. The van der Waals surface area contributed by atoms with Crippen LogP contribution in [-0.4, -0.2) is 27.2 Å². The zero-order valence-electron chi connectivity index (χ0n) is 18.4. The van der Waals surface area contributed by atoms with Gasteiger partial charge in [0.05, 0.1) is 18.5 Å². The second-order valence-corrected chi connectivity index (χ2v) is 9.66. The molecule has 34 heavy (non-hydrogen) atoms. The van der Waals surface area contributed by atoms with Crippen molar-refractivity contribution < 1.29 is 22.3 Å². The van der Waals surface area contributed by atoms with E-state index in [1.54, 1.807) is 36.4 Å². The lowest BCUT2D eigenvalue weighted by molar-refractivity contribution is -0.118. The molecule has 0 fully saturated rings. The first-order valence-electron chi connectivity index (χ1n) is 10.5. The quantitative estimate of drug-likeness (QED) is 0.388. The van der Waals surface area contributed by atoms with Gasteiger partial charge in [-0.05, 0) is 53.4 Å². The van der Waals surface area contributed by atoms with Gasteiger partial charge in [0, 0.05) is 11.1 Å². The van der Waals surface area contributed by atoms with Crippen LogP contribution < -0.4 is 14.4 Å². The number of nitrogens with zero attached hydrogens (tertiary/aromatic N) is 1. The molecule has 1 N–H and O–H groups in total. The first-order chi connectivity index (χ1) is 16.3. The minimum Gasteiger partial charge on any atom is -0.484 e. The maximum absolute atomic E-state index is 13.2. The summed E-state index contributed by atoms with van der Waals surface area (Å²) in [5.74, 6) is -0.276. The number of fused-ring (bicyclic) bond motifs is 1. The Balaban J connectivity index is 1.41. The molecule has 0 aromatic heterocycles. The number of anilines is 2. The third-order valence-electron chi connectivity index (χ3n) is 5.20. The second kappa shape index (κ2) is 9.93. The molecule has 0 spiro atoms. The lowest BCUT2D eigenvalue weighted by atomic mass is 10.1. The van der Waals surface area contributed by atoms with Crippen molar-refractivity contribution in [2.45, 2.75) is 6.54 Å². The Morgan fingerprint density at radius 3 is 2.29 bits per heavy atom. The number of sulfonamides is 1. The second-order valence-electron chi connectivity index (χ2n) is 7.75. The summed E-state index contributed by atoms with van der Waals surface area (Å²) >= 11 is 0. The summed E-state index contributed by atoms with van der Waals surface area (Å²) in [6, 6.07) is 25.5. The molecule has 0 aliphatic carbocycles. The average molecular weight is 479 g/mol. The highest BCUT2D eigenvalue weighted by Gasteiger charge is 2.18. The minimum atomic E-state index is -3.58. The van der Waals surface area contributed by atoms with Gasteiger partial charge in [0.25, 0.3) is 5.91 Å². The molecule has 4 aromatic rings. The number of hydrogen-bond donors (Lipinski definition) is 1. The smallest absolute Gasteiger partial charge is 0.262 e. The van der Waals surface area contributed by atoms with E-state index in [2.05, 4.69) is 5.32 Å².